The SMILES string of the molecule is CC(Sc1ncnc2ccsc12)C(=O)Nc1nc2ccccc2s1. The highest BCUT2D eigenvalue weighted by molar-refractivity contribution is 8.00. The zero-order chi connectivity index (χ0) is 16.5. The summed E-state index contributed by atoms with van der Waals surface area (Å²) in [7, 11) is 0. The second kappa shape index (κ2) is 6.46. The molecule has 0 bridgehead atoms. The highest BCUT2D eigenvalue weighted by Gasteiger charge is 2.18. The lowest BCUT2D eigenvalue weighted by molar-refractivity contribution is -0.115. The number of para-hydroxylation sites is 1. The van der Waals surface area contributed by atoms with E-state index < -0.39 is 0 Å². The summed E-state index contributed by atoms with van der Waals surface area (Å²) in [6.45, 7) is 1.87. The summed E-state index contributed by atoms with van der Waals surface area (Å²) in [6.07, 6.45) is 1.54. The number of thioether (sulfide) groups is 1. The van der Waals surface area contributed by atoms with Gasteiger partial charge in [0, 0.05) is 0 Å². The van der Waals surface area contributed by atoms with Crippen LogP contribution in [0.25, 0.3) is 20.4 Å². The van der Waals surface area contributed by atoms with Crippen LogP contribution in [-0.4, -0.2) is 26.1 Å². The van der Waals surface area contributed by atoms with E-state index in [0.717, 1.165) is 25.5 Å². The van der Waals surface area contributed by atoms with Crippen LogP contribution in [0, 0.1) is 0 Å². The lowest BCUT2D eigenvalue weighted by Gasteiger charge is -2.10. The van der Waals surface area contributed by atoms with Crippen LogP contribution in [0.1, 0.15) is 6.92 Å². The molecular weight excluding hydrogens is 360 g/mol. The fourth-order valence-corrected chi connectivity index (χ4v) is 4.91. The third kappa shape index (κ3) is 3.00. The Labute approximate surface area is 150 Å². The van der Waals surface area contributed by atoms with Gasteiger partial charge < -0.3 is 5.32 Å². The smallest absolute Gasteiger partial charge is 0.239 e. The lowest BCUT2D eigenvalue weighted by atomic mass is 10.3. The number of thiophene rings is 1. The monoisotopic (exact) mass is 372 g/mol. The molecule has 0 saturated carbocycles. The van der Waals surface area contributed by atoms with Crippen molar-refractivity contribution < 1.29 is 4.79 Å². The van der Waals surface area contributed by atoms with Crippen LogP contribution >= 0.6 is 34.4 Å². The van der Waals surface area contributed by atoms with Gasteiger partial charge >= 0.3 is 0 Å². The molecular formula is C16H12N4OS3. The summed E-state index contributed by atoms with van der Waals surface area (Å²) in [6, 6.07) is 9.79. The molecule has 0 aliphatic heterocycles. The molecule has 1 aromatic carbocycles. The lowest BCUT2D eigenvalue weighted by Crippen LogP contribution is -2.22. The first-order valence-electron chi connectivity index (χ1n) is 7.22. The van der Waals surface area contributed by atoms with Gasteiger partial charge in [0.1, 0.15) is 11.4 Å². The minimum absolute atomic E-state index is 0.0811. The summed E-state index contributed by atoms with van der Waals surface area (Å²) >= 11 is 4.50. The average Bonchev–Trinajstić information content (AvgIpc) is 3.20. The van der Waals surface area contributed by atoms with E-state index in [4.69, 9.17) is 0 Å². The molecule has 1 N–H and O–H groups in total. The number of hydrogen-bond acceptors (Lipinski definition) is 7. The molecule has 0 aliphatic carbocycles. The maximum atomic E-state index is 12.5. The van der Waals surface area contributed by atoms with Crippen molar-refractivity contribution >= 4 is 65.9 Å². The van der Waals surface area contributed by atoms with E-state index in [1.165, 1.54) is 29.4 Å². The number of aromatic nitrogens is 3. The number of amides is 1. The van der Waals surface area contributed by atoms with Crippen molar-refractivity contribution in [1.29, 1.82) is 0 Å². The predicted octanol–water partition coefficient (Wildman–Crippen LogP) is 4.42. The second-order valence-electron chi connectivity index (χ2n) is 5.05. The molecule has 4 aromatic rings. The van der Waals surface area contributed by atoms with Crippen LogP contribution in [0.15, 0.2) is 47.1 Å². The summed E-state index contributed by atoms with van der Waals surface area (Å²) < 4.78 is 2.08. The fraction of sp³-hybridized carbons (Fsp3) is 0.125. The molecule has 4 rings (SSSR count). The molecule has 0 saturated heterocycles. The first-order chi connectivity index (χ1) is 11.7. The number of nitrogens with zero attached hydrogens (tertiary/aromatic N) is 3. The molecule has 1 amide bonds. The van der Waals surface area contributed by atoms with Crippen LogP contribution in [0.5, 0.6) is 0 Å². The highest BCUT2D eigenvalue weighted by atomic mass is 32.2. The zero-order valence-electron chi connectivity index (χ0n) is 12.6. The number of thiazole rings is 1. The summed E-state index contributed by atoms with van der Waals surface area (Å²) in [5.74, 6) is -0.0811. The standard InChI is InChI=1S/C16H12N4OS3/c1-9(23-15-13-11(6-7-22-13)17-8-18-15)14(21)20-16-19-10-4-2-3-5-12(10)24-16/h2-9H,1H3,(H,19,20,21). The van der Waals surface area contributed by atoms with Crippen molar-refractivity contribution in [3.05, 3.63) is 42.0 Å². The van der Waals surface area contributed by atoms with Gasteiger partial charge in [-0.1, -0.05) is 35.2 Å². The number of rotatable bonds is 4. The molecule has 24 heavy (non-hydrogen) atoms. The van der Waals surface area contributed by atoms with Crippen molar-refractivity contribution in [2.75, 3.05) is 5.32 Å². The van der Waals surface area contributed by atoms with Crippen molar-refractivity contribution in [1.82, 2.24) is 15.0 Å². The number of nitrogens with one attached hydrogen (secondary N) is 1. The van der Waals surface area contributed by atoms with Gasteiger partial charge in [-0.15, -0.1) is 11.3 Å². The maximum absolute atomic E-state index is 12.5. The normalized spacial score (nSPS) is 12.5. The number of hydrogen-bond donors (Lipinski definition) is 1. The molecule has 0 aliphatic rings. The van der Waals surface area contributed by atoms with E-state index in [0.29, 0.717) is 5.13 Å². The molecule has 0 radical (unpaired) electrons. The predicted molar refractivity (Wildman–Crippen MR) is 101 cm³/mol. The van der Waals surface area contributed by atoms with Gasteiger partial charge in [0.15, 0.2) is 5.13 Å². The van der Waals surface area contributed by atoms with Gasteiger partial charge in [-0.2, -0.15) is 0 Å². The van der Waals surface area contributed by atoms with Crippen molar-refractivity contribution in [3.63, 3.8) is 0 Å². The molecule has 1 atom stereocenters. The van der Waals surface area contributed by atoms with Gasteiger partial charge in [-0.3, -0.25) is 4.79 Å². The van der Waals surface area contributed by atoms with Crippen LogP contribution in [-0.2, 0) is 4.79 Å². The van der Waals surface area contributed by atoms with Crippen molar-refractivity contribution in [3.8, 4) is 0 Å². The fourth-order valence-electron chi connectivity index (χ4n) is 2.20. The summed E-state index contributed by atoms with van der Waals surface area (Å²) in [5.41, 5.74) is 1.81. The average molecular weight is 373 g/mol. The largest absolute Gasteiger partial charge is 0.301 e. The molecule has 0 spiro atoms. The third-order valence-electron chi connectivity index (χ3n) is 3.39. The van der Waals surface area contributed by atoms with E-state index >= 15 is 0 Å². The molecule has 1 unspecified atom stereocenters. The molecule has 3 aromatic heterocycles. The van der Waals surface area contributed by atoms with E-state index in [2.05, 4.69) is 20.3 Å². The van der Waals surface area contributed by atoms with Gasteiger partial charge in [0.2, 0.25) is 5.91 Å². The maximum Gasteiger partial charge on any atom is 0.239 e. The van der Waals surface area contributed by atoms with Crippen LogP contribution in [0.4, 0.5) is 5.13 Å². The van der Waals surface area contributed by atoms with Gasteiger partial charge in [-0.05, 0) is 30.5 Å². The Balaban J connectivity index is 1.50. The minimum Gasteiger partial charge on any atom is -0.301 e. The van der Waals surface area contributed by atoms with Gasteiger partial charge in [0.25, 0.3) is 0 Å². The van der Waals surface area contributed by atoms with Crippen LogP contribution < -0.4 is 5.32 Å². The zero-order valence-corrected chi connectivity index (χ0v) is 15.0. The quantitative estimate of drug-likeness (QED) is 0.424. The third-order valence-corrected chi connectivity index (χ3v) is 6.48. The van der Waals surface area contributed by atoms with Gasteiger partial charge in [-0.25, -0.2) is 15.0 Å². The molecule has 3 heterocycles. The second-order valence-corrected chi connectivity index (χ2v) is 8.33. The Morgan fingerprint density at radius 2 is 2.08 bits per heavy atom. The van der Waals surface area contributed by atoms with Crippen LogP contribution in [0.3, 0.4) is 0 Å². The summed E-state index contributed by atoms with van der Waals surface area (Å²) in [5, 5.41) is 6.06. The minimum atomic E-state index is -0.280. The molecule has 0 fully saturated rings. The Bertz CT molecular complexity index is 993. The van der Waals surface area contributed by atoms with Crippen LogP contribution in [0.2, 0.25) is 0 Å². The van der Waals surface area contributed by atoms with E-state index in [-0.39, 0.29) is 11.2 Å². The topological polar surface area (TPSA) is 67.8 Å². The Morgan fingerprint density at radius 3 is 2.96 bits per heavy atom. The molecule has 8 heteroatoms. The Kier molecular flexibility index (Phi) is 4.17. The highest BCUT2D eigenvalue weighted by Crippen LogP contribution is 2.32. The first kappa shape index (κ1) is 15.5. The van der Waals surface area contributed by atoms with Crippen molar-refractivity contribution in [2.24, 2.45) is 0 Å². The molecule has 5 nitrogen and oxygen atoms in total. The Morgan fingerprint density at radius 1 is 1.21 bits per heavy atom. The van der Waals surface area contributed by atoms with E-state index in [1.54, 1.807) is 11.3 Å². The first-order valence-corrected chi connectivity index (χ1v) is 9.79. The summed E-state index contributed by atoms with van der Waals surface area (Å²) in [4.78, 5) is 25.4. The Hall–Kier alpha value is -2.03. The number of carbonyl (C=O) groups is 1. The molecule has 120 valence electrons. The van der Waals surface area contributed by atoms with Crippen molar-refractivity contribution in [2.45, 2.75) is 17.2 Å². The van der Waals surface area contributed by atoms with E-state index in [9.17, 15) is 4.79 Å². The van der Waals surface area contributed by atoms with E-state index in [1.807, 2.05) is 42.6 Å². The number of benzene rings is 1. The number of anilines is 1. The number of fused-ring (bicyclic) bond motifs is 2. The van der Waals surface area contributed by atoms with Gasteiger partial charge in [0.05, 0.1) is 25.7 Å². The number of carbonyl (C=O) groups excluding carboxylic acids is 1.